The van der Waals surface area contributed by atoms with Crippen molar-refractivity contribution in [1.82, 2.24) is 0 Å². The molecule has 0 spiro atoms. The lowest BCUT2D eigenvalue weighted by molar-refractivity contribution is 0.112. The van der Waals surface area contributed by atoms with Gasteiger partial charge in [-0.25, -0.2) is 0 Å². The van der Waals surface area contributed by atoms with Gasteiger partial charge in [0.2, 0.25) is 0 Å². The fourth-order valence-electron chi connectivity index (χ4n) is 0.895. The van der Waals surface area contributed by atoms with Gasteiger partial charge in [-0.1, -0.05) is 24.1 Å². The van der Waals surface area contributed by atoms with E-state index in [2.05, 4.69) is 11.8 Å². The van der Waals surface area contributed by atoms with Gasteiger partial charge in [0.25, 0.3) is 0 Å². The zero-order valence-electron chi connectivity index (χ0n) is 7.41. The quantitative estimate of drug-likeness (QED) is 0.414. The summed E-state index contributed by atoms with van der Waals surface area (Å²) in [5.74, 6) is 6.50. The molecule has 0 aliphatic rings. The van der Waals surface area contributed by atoms with Gasteiger partial charge in [-0.05, 0) is 13.0 Å². The first-order valence-corrected chi connectivity index (χ1v) is 4.93. The molecule has 0 radical (unpaired) electrons. The molecular weight excluding hydrogens is 180 g/mol. The minimum absolute atomic E-state index is 0.737. The van der Waals surface area contributed by atoms with E-state index >= 15 is 0 Å². The number of carbonyl (C=O) groups excluding carboxylic acids is 1. The van der Waals surface area contributed by atoms with Crippen LogP contribution < -0.4 is 0 Å². The van der Waals surface area contributed by atoms with Crippen LogP contribution in [0.3, 0.4) is 0 Å². The molecule has 66 valence electrons. The fourth-order valence-corrected chi connectivity index (χ4v) is 1.72. The number of carbonyl (C=O) groups is 1. The van der Waals surface area contributed by atoms with Gasteiger partial charge < -0.3 is 0 Å². The second-order valence-corrected chi connectivity index (χ2v) is 3.39. The van der Waals surface area contributed by atoms with Crippen molar-refractivity contribution in [3.63, 3.8) is 0 Å². The largest absolute Gasteiger partial charge is 0.298 e. The number of aldehydes is 1. The van der Waals surface area contributed by atoms with E-state index in [0.29, 0.717) is 0 Å². The van der Waals surface area contributed by atoms with Crippen molar-refractivity contribution >= 4 is 18.0 Å². The predicted molar refractivity (Wildman–Crippen MR) is 56.0 cm³/mol. The molecule has 0 fully saturated rings. The molecule has 0 aliphatic carbocycles. The highest BCUT2D eigenvalue weighted by Gasteiger charge is 1.98. The van der Waals surface area contributed by atoms with Gasteiger partial charge >= 0.3 is 0 Å². The fraction of sp³-hybridized carbons (Fsp3) is 0.182. The lowest BCUT2D eigenvalue weighted by Gasteiger charge is -1.99. The molecule has 0 amide bonds. The van der Waals surface area contributed by atoms with E-state index in [4.69, 9.17) is 0 Å². The van der Waals surface area contributed by atoms with Crippen LogP contribution in [0.15, 0.2) is 29.2 Å². The Kier molecular flexibility index (Phi) is 4.14. The Morgan fingerprint density at radius 3 is 2.92 bits per heavy atom. The Morgan fingerprint density at radius 1 is 1.46 bits per heavy atom. The summed E-state index contributed by atoms with van der Waals surface area (Å²) in [7, 11) is 0. The van der Waals surface area contributed by atoms with Crippen LogP contribution in [0.5, 0.6) is 0 Å². The zero-order valence-corrected chi connectivity index (χ0v) is 8.23. The van der Waals surface area contributed by atoms with Gasteiger partial charge in [-0.3, -0.25) is 4.79 Å². The number of benzene rings is 1. The van der Waals surface area contributed by atoms with E-state index in [0.717, 1.165) is 22.5 Å². The molecule has 0 saturated carbocycles. The SMILES string of the molecule is CC#CCSc1ccccc1C=O. The van der Waals surface area contributed by atoms with Crippen LogP contribution in [0.4, 0.5) is 0 Å². The number of hydrogen-bond donors (Lipinski definition) is 0. The maximum absolute atomic E-state index is 10.6. The van der Waals surface area contributed by atoms with Crippen LogP contribution in [0.25, 0.3) is 0 Å². The van der Waals surface area contributed by atoms with Crippen molar-refractivity contribution in [2.75, 3.05) is 5.75 Å². The van der Waals surface area contributed by atoms with Crippen LogP contribution >= 0.6 is 11.8 Å². The molecule has 1 aromatic rings. The molecule has 0 aromatic heterocycles. The molecule has 0 bridgehead atoms. The molecule has 2 heteroatoms. The maximum Gasteiger partial charge on any atom is 0.151 e. The average molecular weight is 190 g/mol. The standard InChI is InChI=1S/C11H10OS/c1-2-3-8-13-11-7-5-4-6-10(11)9-12/h4-7,9H,8H2,1H3. The van der Waals surface area contributed by atoms with E-state index < -0.39 is 0 Å². The first-order chi connectivity index (χ1) is 6.38. The summed E-state index contributed by atoms with van der Waals surface area (Å²) in [4.78, 5) is 11.6. The normalized spacial score (nSPS) is 8.69. The Labute approximate surface area is 82.5 Å². The van der Waals surface area contributed by atoms with Gasteiger partial charge in [0.15, 0.2) is 6.29 Å². The summed E-state index contributed by atoms with van der Waals surface area (Å²) in [6.07, 6.45) is 0.877. The second-order valence-electron chi connectivity index (χ2n) is 2.37. The van der Waals surface area contributed by atoms with Crippen molar-refractivity contribution in [1.29, 1.82) is 0 Å². The number of hydrogen-bond acceptors (Lipinski definition) is 2. The summed E-state index contributed by atoms with van der Waals surface area (Å²) in [5.41, 5.74) is 0.741. The van der Waals surface area contributed by atoms with E-state index in [1.54, 1.807) is 11.8 Å². The number of rotatable bonds is 3. The molecule has 0 atom stereocenters. The Balaban J connectivity index is 2.73. The van der Waals surface area contributed by atoms with Gasteiger partial charge in [-0.2, -0.15) is 0 Å². The third-order valence-electron chi connectivity index (χ3n) is 1.52. The van der Waals surface area contributed by atoms with Crippen molar-refractivity contribution in [2.24, 2.45) is 0 Å². The first kappa shape index (κ1) is 9.88. The molecule has 0 N–H and O–H groups in total. The highest BCUT2D eigenvalue weighted by molar-refractivity contribution is 7.99. The molecule has 0 unspecified atom stereocenters. The van der Waals surface area contributed by atoms with Crippen molar-refractivity contribution in [3.05, 3.63) is 29.8 Å². The van der Waals surface area contributed by atoms with Crippen molar-refractivity contribution in [3.8, 4) is 11.8 Å². The van der Waals surface area contributed by atoms with Crippen LogP contribution in [-0.2, 0) is 0 Å². The zero-order chi connectivity index (χ0) is 9.52. The molecule has 0 aliphatic heterocycles. The first-order valence-electron chi connectivity index (χ1n) is 3.95. The molecular formula is C11H10OS. The summed E-state index contributed by atoms with van der Waals surface area (Å²) >= 11 is 1.59. The smallest absolute Gasteiger partial charge is 0.151 e. The molecule has 1 aromatic carbocycles. The Morgan fingerprint density at radius 2 is 2.23 bits per heavy atom. The minimum atomic E-state index is 0.737. The van der Waals surface area contributed by atoms with Crippen LogP contribution in [0.1, 0.15) is 17.3 Å². The monoisotopic (exact) mass is 190 g/mol. The highest BCUT2D eigenvalue weighted by atomic mass is 32.2. The minimum Gasteiger partial charge on any atom is -0.298 e. The summed E-state index contributed by atoms with van der Waals surface area (Å²) in [6.45, 7) is 1.81. The molecule has 0 heterocycles. The van der Waals surface area contributed by atoms with E-state index in [-0.39, 0.29) is 0 Å². The summed E-state index contributed by atoms with van der Waals surface area (Å²) < 4.78 is 0. The molecule has 1 rings (SSSR count). The third-order valence-corrected chi connectivity index (χ3v) is 2.49. The van der Waals surface area contributed by atoms with Gasteiger partial charge in [-0.15, -0.1) is 17.7 Å². The van der Waals surface area contributed by atoms with E-state index in [1.165, 1.54) is 0 Å². The van der Waals surface area contributed by atoms with Crippen LogP contribution in [-0.4, -0.2) is 12.0 Å². The van der Waals surface area contributed by atoms with E-state index in [9.17, 15) is 4.79 Å². The van der Waals surface area contributed by atoms with E-state index in [1.807, 2.05) is 31.2 Å². The average Bonchev–Trinajstić information content (AvgIpc) is 2.19. The van der Waals surface area contributed by atoms with Crippen molar-refractivity contribution in [2.45, 2.75) is 11.8 Å². The Bertz CT molecular complexity index is 347. The molecule has 13 heavy (non-hydrogen) atoms. The van der Waals surface area contributed by atoms with Gasteiger partial charge in [0.1, 0.15) is 0 Å². The summed E-state index contributed by atoms with van der Waals surface area (Å²) in [6, 6.07) is 7.54. The summed E-state index contributed by atoms with van der Waals surface area (Å²) in [5, 5.41) is 0. The molecule has 1 nitrogen and oxygen atoms in total. The predicted octanol–water partition coefficient (Wildman–Crippen LogP) is 2.61. The van der Waals surface area contributed by atoms with Gasteiger partial charge in [0, 0.05) is 10.5 Å². The van der Waals surface area contributed by atoms with Gasteiger partial charge in [0.05, 0.1) is 5.75 Å². The maximum atomic E-state index is 10.6. The third kappa shape index (κ3) is 2.96. The topological polar surface area (TPSA) is 17.1 Å². The Hall–Kier alpha value is -1.20. The lowest BCUT2D eigenvalue weighted by Crippen LogP contribution is -1.84. The second kappa shape index (κ2) is 5.45. The van der Waals surface area contributed by atoms with Crippen LogP contribution in [0, 0.1) is 11.8 Å². The molecule has 0 saturated heterocycles. The number of thioether (sulfide) groups is 1. The highest BCUT2D eigenvalue weighted by Crippen LogP contribution is 2.20. The lowest BCUT2D eigenvalue weighted by atomic mass is 10.2. The van der Waals surface area contributed by atoms with Crippen LogP contribution in [0.2, 0.25) is 0 Å². The van der Waals surface area contributed by atoms with Crippen molar-refractivity contribution < 1.29 is 4.79 Å².